The van der Waals surface area contributed by atoms with E-state index in [1.165, 1.54) is 19.4 Å². The van der Waals surface area contributed by atoms with Gasteiger partial charge in [0, 0.05) is 30.0 Å². The third-order valence-electron chi connectivity index (χ3n) is 4.38. The number of carbonyl (C=O) groups excluding carboxylic acids is 2. The second kappa shape index (κ2) is 6.95. The van der Waals surface area contributed by atoms with Crippen LogP contribution in [0.4, 0.5) is 4.39 Å². The van der Waals surface area contributed by atoms with E-state index >= 15 is 0 Å². The first-order chi connectivity index (χ1) is 11.6. The number of methoxy groups -OCH3 is 1. The summed E-state index contributed by atoms with van der Waals surface area (Å²) >= 11 is 0. The lowest BCUT2D eigenvalue weighted by molar-refractivity contribution is -0.129. The molecule has 1 aliphatic heterocycles. The number of benzene rings is 1. The predicted molar refractivity (Wildman–Crippen MR) is 87.5 cm³/mol. The number of hydrogen-bond donors (Lipinski definition) is 1. The van der Waals surface area contributed by atoms with Gasteiger partial charge >= 0.3 is 0 Å². The van der Waals surface area contributed by atoms with Gasteiger partial charge in [0.25, 0.3) is 0 Å². The third kappa shape index (κ3) is 3.22. The van der Waals surface area contributed by atoms with Crippen molar-refractivity contribution in [3.05, 3.63) is 41.2 Å². The van der Waals surface area contributed by atoms with Crippen LogP contribution in [-0.4, -0.2) is 31.1 Å². The fourth-order valence-corrected chi connectivity index (χ4v) is 2.99. The van der Waals surface area contributed by atoms with E-state index in [0.29, 0.717) is 16.9 Å². The van der Waals surface area contributed by atoms with Gasteiger partial charge in [0.1, 0.15) is 17.5 Å². The van der Waals surface area contributed by atoms with E-state index in [2.05, 4.69) is 10.3 Å². The SMILES string of the molecule is COc1ccc(CNC(=O)C2C=NC3CCCC=C3C2=O)c(F)c1. The van der Waals surface area contributed by atoms with Gasteiger partial charge < -0.3 is 10.1 Å². The number of amides is 1. The van der Waals surface area contributed by atoms with Crippen molar-refractivity contribution in [1.82, 2.24) is 5.32 Å². The number of nitrogens with zero attached hydrogens (tertiary/aromatic N) is 1. The zero-order valence-corrected chi connectivity index (χ0v) is 13.4. The van der Waals surface area contributed by atoms with Crippen LogP contribution in [0.15, 0.2) is 34.8 Å². The average Bonchev–Trinajstić information content (AvgIpc) is 2.61. The Kier molecular flexibility index (Phi) is 4.74. The maximum absolute atomic E-state index is 13.9. The maximum atomic E-state index is 13.9. The Morgan fingerprint density at radius 2 is 2.29 bits per heavy atom. The van der Waals surface area contributed by atoms with Crippen LogP contribution in [0.3, 0.4) is 0 Å². The molecule has 1 heterocycles. The number of allylic oxidation sites excluding steroid dienone is 1. The molecular weight excluding hydrogens is 311 g/mol. The molecule has 0 spiro atoms. The molecule has 1 aromatic rings. The largest absolute Gasteiger partial charge is 0.497 e. The molecule has 0 saturated heterocycles. The van der Waals surface area contributed by atoms with Gasteiger partial charge in [0.05, 0.1) is 13.2 Å². The number of carbonyl (C=O) groups is 2. The van der Waals surface area contributed by atoms with Crippen LogP contribution >= 0.6 is 0 Å². The van der Waals surface area contributed by atoms with Gasteiger partial charge in [0.15, 0.2) is 5.78 Å². The van der Waals surface area contributed by atoms with Crippen LogP contribution in [0.25, 0.3) is 0 Å². The second-order valence-electron chi connectivity index (χ2n) is 5.92. The minimum Gasteiger partial charge on any atom is -0.497 e. The number of ether oxygens (including phenoxy) is 1. The molecule has 0 radical (unpaired) electrons. The summed E-state index contributed by atoms with van der Waals surface area (Å²) in [6, 6.07) is 4.32. The Bertz CT molecular complexity index is 727. The predicted octanol–water partition coefficient (Wildman–Crippen LogP) is 2.20. The van der Waals surface area contributed by atoms with Crippen LogP contribution < -0.4 is 10.1 Å². The molecule has 0 aromatic heterocycles. The molecule has 6 heteroatoms. The van der Waals surface area contributed by atoms with Crippen LogP contribution in [-0.2, 0) is 16.1 Å². The lowest BCUT2D eigenvalue weighted by Gasteiger charge is -2.26. The molecule has 2 unspecified atom stereocenters. The van der Waals surface area contributed by atoms with E-state index in [1.807, 2.05) is 6.08 Å². The minimum absolute atomic E-state index is 0.00869. The van der Waals surface area contributed by atoms with Gasteiger partial charge in [-0.3, -0.25) is 14.6 Å². The Labute approximate surface area is 139 Å². The van der Waals surface area contributed by atoms with Gasteiger partial charge in [-0.25, -0.2) is 4.39 Å². The summed E-state index contributed by atoms with van der Waals surface area (Å²) < 4.78 is 18.8. The van der Waals surface area contributed by atoms with Crippen molar-refractivity contribution in [2.75, 3.05) is 7.11 Å². The van der Waals surface area contributed by atoms with Crippen molar-refractivity contribution in [1.29, 1.82) is 0 Å². The standard InChI is InChI=1S/C18H19FN2O3/c1-24-12-7-6-11(15(19)8-12)9-21-18(23)14-10-20-16-5-3-2-4-13(16)17(14)22/h4,6-8,10,14,16H,2-3,5,9H2,1H3,(H,21,23). The topological polar surface area (TPSA) is 67.8 Å². The number of Topliss-reactive ketones (excluding diaryl/α,β-unsaturated/α-hetero) is 1. The van der Waals surface area contributed by atoms with E-state index in [1.54, 1.807) is 12.1 Å². The molecule has 2 atom stereocenters. The molecule has 0 fully saturated rings. The minimum atomic E-state index is -0.924. The number of nitrogens with one attached hydrogen (secondary N) is 1. The van der Waals surface area contributed by atoms with Gasteiger partial charge in [-0.1, -0.05) is 12.1 Å². The number of hydrogen-bond acceptors (Lipinski definition) is 4. The molecule has 1 amide bonds. The highest BCUT2D eigenvalue weighted by atomic mass is 19.1. The number of halogens is 1. The fraction of sp³-hybridized carbons (Fsp3) is 0.389. The zero-order chi connectivity index (χ0) is 17.1. The number of aliphatic imine (C=N–C) groups is 1. The lowest BCUT2D eigenvalue weighted by Crippen LogP contribution is -2.41. The van der Waals surface area contributed by atoms with Crippen LogP contribution in [0.2, 0.25) is 0 Å². The summed E-state index contributed by atoms with van der Waals surface area (Å²) in [4.78, 5) is 29.1. The molecule has 5 nitrogen and oxygen atoms in total. The van der Waals surface area contributed by atoms with Gasteiger partial charge in [-0.05, 0) is 25.3 Å². The molecule has 0 saturated carbocycles. The third-order valence-corrected chi connectivity index (χ3v) is 4.38. The molecule has 1 aromatic carbocycles. The quantitative estimate of drug-likeness (QED) is 0.861. The molecule has 0 bridgehead atoms. The first kappa shape index (κ1) is 16.4. The van der Waals surface area contributed by atoms with Crippen LogP contribution in [0, 0.1) is 11.7 Å². The summed E-state index contributed by atoms with van der Waals surface area (Å²) in [6.07, 6.45) is 6.01. The van der Waals surface area contributed by atoms with Gasteiger partial charge in [-0.15, -0.1) is 0 Å². The lowest BCUT2D eigenvalue weighted by atomic mass is 9.84. The van der Waals surface area contributed by atoms with Crippen molar-refractivity contribution in [3.63, 3.8) is 0 Å². The van der Waals surface area contributed by atoms with E-state index in [4.69, 9.17) is 4.74 Å². The molecule has 1 aliphatic carbocycles. The summed E-state index contributed by atoms with van der Waals surface area (Å²) in [7, 11) is 1.46. The number of rotatable bonds is 4. The normalized spacial score (nSPS) is 22.6. The summed E-state index contributed by atoms with van der Waals surface area (Å²) in [6.45, 7) is 0.00869. The molecule has 2 aliphatic rings. The fourth-order valence-electron chi connectivity index (χ4n) is 2.99. The van der Waals surface area contributed by atoms with E-state index < -0.39 is 17.6 Å². The Morgan fingerprint density at radius 3 is 3.04 bits per heavy atom. The average molecular weight is 330 g/mol. The molecular formula is C18H19FN2O3. The Hall–Kier alpha value is -2.50. The van der Waals surface area contributed by atoms with E-state index in [-0.39, 0.29) is 18.4 Å². The number of fused-ring (bicyclic) bond motifs is 1. The molecule has 24 heavy (non-hydrogen) atoms. The van der Waals surface area contributed by atoms with Crippen molar-refractivity contribution < 1.29 is 18.7 Å². The first-order valence-corrected chi connectivity index (χ1v) is 7.98. The monoisotopic (exact) mass is 330 g/mol. The molecule has 3 rings (SSSR count). The number of ketones is 1. The summed E-state index contributed by atoms with van der Waals surface area (Å²) in [5.74, 6) is -1.63. The summed E-state index contributed by atoms with van der Waals surface area (Å²) in [5.41, 5.74) is 0.971. The first-order valence-electron chi connectivity index (χ1n) is 7.98. The van der Waals surface area contributed by atoms with Gasteiger partial charge in [-0.2, -0.15) is 0 Å². The smallest absolute Gasteiger partial charge is 0.236 e. The molecule has 1 N–H and O–H groups in total. The highest BCUT2D eigenvalue weighted by molar-refractivity contribution is 6.21. The Balaban J connectivity index is 1.66. The van der Waals surface area contributed by atoms with Gasteiger partial charge in [0.2, 0.25) is 5.91 Å². The van der Waals surface area contributed by atoms with Crippen molar-refractivity contribution in [2.24, 2.45) is 10.9 Å². The Morgan fingerprint density at radius 1 is 1.46 bits per heavy atom. The maximum Gasteiger partial charge on any atom is 0.236 e. The molecule has 126 valence electrons. The van der Waals surface area contributed by atoms with E-state index in [9.17, 15) is 14.0 Å². The van der Waals surface area contributed by atoms with Crippen LogP contribution in [0.5, 0.6) is 5.75 Å². The highest BCUT2D eigenvalue weighted by Crippen LogP contribution is 2.27. The van der Waals surface area contributed by atoms with Crippen molar-refractivity contribution in [2.45, 2.75) is 31.8 Å². The van der Waals surface area contributed by atoms with E-state index in [0.717, 1.165) is 19.3 Å². The second-order valence-corrected chi connectivity index (χ2v) is 5.92. The summed E-state index contributed by atoms with van der Waals surface area (Å²) in [5, 5.41) is 2.61. The van der Waals surface area contributed by atoms with Crippen LogP contribution in [0.1, 0.15) is 24.8 Å². The zero-order valence-electron chi connectivity index (χ0n) is 13.4. The van der Waals surface area contributed by atoms with Crippen molar-refractivity contribution in [3.8, 4) is 5.75 Å². The van der Waals surface area contributed by atoms with Crippen molar-refractivity contribution >= 4 is 17.9 Å². The highest BCUT2D eigenvalue weighted by Gasteiger charge is 2.35.